The number of unbranched alkanes of at least 4 members (excludes halogenated alkanes) is 10. The number of nitrogens with one attached hydrogen (secondary N) is 1. The first-order valence-electron chi connectivity index (χ1n) is 8.72. The third-order valence-corrected chi connectivity index (χ3v) is 3.88. The van der Waals surface area contributed by atoms with E-state index in [1.165, 1.54) is 76.3 Å². The Balaban J connectivity index is 0.00000400. The first kappa shape index (κ1) is 20.3. The minimum Gasteiger partial charge on any atom is -0.385 e. The van der Waals surface area contributed by atoms with Crippen LogP contribution in [-0.4, -0.2) is 6.54 Å². The molecule has 0 saturated carbocycles. The molecule has 1 aromatic carbocycles. The lowest BCUT2D eigenvalue weighted by molar-refractivity contribution is 0.552. The van der Waals surface area contributed by atoms with Crippen LogP contribution in [0.1, 0.15) is 77.6 Å². The third-order valence-electron chi connectivity index (χ3n) is 3.88. The molecule has 21 heavy (non-hydrogen) atoms. The van der Waals surface area contributed by atoms with E-state index in [1.807, 2.05) is 0 Å². The standard InChI is InChI=1S/C19H33N.ClH/c1-2-3-4-5-6-7-8-9-10-11-15-18-20-19-16-13-12-14-17-19;/h12-14,16-17,20H,2-11,15,18H2,1H3;1H. The van der Waals surface area contributed by atoms with Crippen LogP contribution in [0, 0.1) is 0 Å². The third kappa shape index (κ3) is 12.7. The zero-order valence-corrected chi connectivity index (χ0v) is 14.6. The maximum absolute atomic E-state index is 3.48. The van der Waals surface area contributed by atoms with Crippen LogP contribution in [0.4, 0.5) is 5.69 Å². The van der Waals surface area contributed by atoms with Crippen LogP contribution in [0.3, 0.4) is 0 Å². The Kier molecular flexibility index (Phi) is 15.2. The lowest BCUT2D eigenvalue weighted by Crippen LogP contribution is -2.00. The largest absolute Gasteiger partial charge is 0.385 e. The van der Waals surface area contributed by atoms with Crippen molar-refractivity contribution in [1.29, 1.82) is 0 Å². The van der Waals surface area contributed by atoms with Crippen molar-refractivity contribution in [3.05, 3.63) is 30.3 Å². The summed E-state index contributed by atoms with van der Waals surface area (Å²) in [5, 5.41) is 3.48. The summed E-state index contributed by atoms with van der Waals surface area (Å²) >= 11 is 0. The summed E-state index contributed by atoms with van der Waals surface area (Å²) in [6.07, 6.45) is 15.5. The Labute approximate surface area is 138 Å². The molecule has 0 saturated heterocycles. The van der Waals surface area contributed by atoms with Crippen LogP contribution in [0.2, 0.25) is 0 Å². The van der Waals surface area contributed by atoms with Gasteiger partial charge in [0.1, 0.15) is 0 Å². The van der Waals surface area contributed by atoms with Gasteiger partial charge in [-0.25, -0.2) is 0 Å². The Morgan fingerprint density at radius 2 is 1.14 bits per heavy atom. The van der Waals surface area contributed by atoms with E-state index in [4.69, 9.17) is 0 Å². The average molecular weight is 312 g/mol. The van der Waals surface area contributed by atoms with Gasteiger partial charge >= 0.3 is 0 Å². The number of hydrogen-bond donors (Lipinski definition) is 1. The Hall–Kier alpha value is -0.690. The minimum atomic E-state index is 0. The predicted molar refractivity (Wildman–Crippen MR) is 98.6 cm³/mol. The highest BCUT2D eigenvalue weighted by Crippen LogP contribution is 2.11. The normalized spacial score (nSPS) is 10.1. The quantitative estimate of drug-likeness (QED) is 0.393. The van der Waals surface area contributed by atoms with Crippen molar-refractivity contribution in [3.63, 3.8) is 0 Å². The van der Waals surface area contributed by atoms with Crippen LogP contribution in [0.15, 0.2) is 30.3 Å². The number of hydrogen-bond acceptors (Lipinski definition) is 1. The SMILES string of the molecule is CCCCCCCCCCCCCNc1ccccc1.Cl. The molecule has 122 valence electrons. The van der Waals surface area contributed by atoms with Gasteiger partial charge in [0.15, 0.2) is 0 Å². The molecule has 0 aliphatic carbocycles. The molecule has 1 aromatic rings. The van der Waals surface area contributed by atoms with Crippen molar-refractivity contribution in [2.75, 3.05) is 11.9 Å². The summed E-state index contributed by atoms with van der Waals surface area (Å²) in [6, 6.07) is 10.5. The van der Waals surface area contributed by atoms with E-state index in [0.717, 1.165) is 6.54 Å². The fourth-order valence-electron chi connectivity index (χ4n) is 2.58. The van der Waals surface area contributed by atoms with Crippen LogP contribution in [-0.2, 0) is 0 Å². The van der Waals surface area contributed by atoms with Crippen molar-refractivity contribution in [2.45, 2.75) is 77.6 Å². The van der Waals surface area contributed by atoms with Gasteiger partial charge in [-0.1, -0.05) is 89.3 Å². The number of para-hydroxylation sites is 1. The van der Waals surface area contributed by atoms with Gasteiger partial charge in [-0.2, -0.15) is 0 Å². The number of rotatable bonds is 13. The van der Waals surface area contributed by atoms with E-state index in [-0.39, 0.29) is 12.4 Å². The van der Waals surface area contributed by atoms with Crippen LogP contribution in [0.25, 0.3) is 0 Å². The lowest BCUT2D eigenvalue weighted by Gasteiger charge is -2.06. The van der Waals surface area contributed by atoms with Crippen LogP contribution in [0.5, 0.6) is 0 Å². The predicted octanol–water partition coefficient (Wildman–Crippen LogP) is 6.83. The summed E-state index contributed by atoms with van der Waals surface area (Å²) < 4.78 is 0. The summed E-state index contributed by atoms with van der Waals surface area (Å²) in [7, 11) is 0. The lowest BCUT2D eigenvalue weighted by atomic mass is 10.1. The van der Waals surface area contributed by atoms with E-state index < -0.39 is 0 Å². The maximum Gasteiger partial charge on any atom is 0.0340 e. The molecule has 1 rings (SSSR count). The maximum atomic E-state index is 3.48. The van der Waals surface area contributed by atoms with Gasteiger partial charge in [0.05, 0.1) is 0 Å². The topological polar surface area (TPSA) is 12.0 Å². The number of anilines is 1. The van der Waals surface area contributed by atoms with Crippen molar-refractivity contribution >= 4 is 18.1 Å². The number of benzene rings is 1. The van der Waals surface area contributed by atoms with Gasteiger partial charge in [0.25, 0.3) is 0 Å². The molecule has 1 N–H and O–H groups in total. The molecule has 0 fully saturated rings. The summed E-state index contributed by atoms with van der Waals surface area (Å²) in [6.45, 7) is 3.40. The van der Waals surface area contributed by atoms with Crippen molar-refractivity contribution in [2.24, 2.45) is 0 Å². The second-order valence-electron chi connectivity index (χ2n) is 5.83. The molecule has 1 nitrogen and oxygen atoms in total. The molecular weight excluding hydrogens is 278 g/mol. The molecule has 0 aromatic heterocycles. The Morgan fingerprint density at radius 3 is 1.67 bits per heavy atom. The molecule has 0 aliphatic heterocycles. The molecular formula is C19H34ClN. The van der Waals surface area contributed by atoms with Crippen molar-refractivity contribution < 1.29 is 0 Å². The van der Waals surface area contributed by atoms with Gasteiger partial charge in [-0.3, -0.25) is 0 Å². The van der Waals surface area contributed by atoms with Gasteiger partial charge < -0.3 is 5.32 Å². The molecule has 0 unspecified atom stereocenters. The fraction of sp³-hybridized carbons (Fsp3) is 0.684. The van der Waals surface area contributed by atoms with E-state index in [9.17, 15) is 0 Å². The van der Waals surface area contributed by atoms with Gasteiger partial charge in [0, 0.05) is 12.2 Å². The molecule has 0 radical (unpaired) electrons. The van der Waals surface area contributed by atoms with E-state index in [0.29, 0.717) is 0 Å². The first-order chi connectivity index (χ1) is 9.93. The first-order valence-corrected chi connectivity index (χ1v) is 8.72. The van der Waals surface area contributed by atoms with Gasteiger partial charge in [-0.05, 0) is 18.6 Å². The highest BCUT2D eigenvalue weighted by atomic mass is 35.5. The summed E-state index contributed by atoms with van der Waals surface area (Å²) in [4.78, 5) is 0. The van der Waals surface area contributed by atoms with Crippen molar-refractivity contribution in [1.82, 2.24) is 0 Å². The highest BCUT2D eigenvalue weighted by molar-refractivity contribution is 5.85. The summed E-state index contributed by atoms with van der Waals surface area (Å²) in [5.41, 5.74) is 1.25. The van der Waals surface area contributed by atoms with Gasteiger partial charge in [-0.15, -0.1) is 12.4 Å². The molecule has 2 heteroatoms. The zero-order valence-electron chi connectivity index (χ0n) is 13.8. The Bertz CT molecular complexity index is 300. The molecule has 0 bridgehead atoms. The number of halogens is 1. The van der Waals surface area contributed by atoms with Gasteiger partial charge in [0.2, 0.25) is 0 Å². The molecule has 0 atom stereocenters. The van der Waals surface area contributed by atoms with E-state index >= 15 is 0 Å². The monoisotopic (exact) mass is 311 g/mol. The highest BCUT2D eigenvalue weighted by Gasteiger charge is 1.93. The summed E-state index contributed by atoms with van der Waals surface area (Å²) in [5.74, 6) is 0. The van der Waals surface area contributed by atoms with Crippen molar-refractivity contribution in [3.8, 4) is 0 Å². The van der Waals surface area contributed by atoms with E-state index in [2.05, 4.69) is 42.6 Å². The molecule has 0 aliphatic rings. The van der Waals surface area contributed by atoms with Crippen LogP contribution < -0.4 is 5.32 Å². The Morgan fingerprint density at radius 1 is 0.667 bits per heavy atom. The smallest absolute Gasteiger partial charge is 0.0340 e. The molecule has 0 spiro atoms. The minimum absolute atomic E-state index is 0. The zero-order chi connectivity index (χ0) is 14.3. The molecule has 0 amide bonds. The molecule has 0 heterocycles. The van der Waals surface area contributed by atoms with E-state index in [1.54, 1.807) is 0 Å². The average Bonchev–Trinajstić information content (AvgIpc) is 2.49. The fourth-order valence-corrected chi connectivity index (χ4v) is 2.58. The second kappa shape index (κ2) is 15.7. The second-order valence-corrected chi connectivity index (χ2v) is 5.83. The van der Waals surface area contributed by atoms with Crippen LogP contribution >= 0.6 is 12.4 Å².